The van der Waals surface area contributed by atoms with E-state index in [0.717, 1.165) is 12.8 Å². The van der Waals surface area contributed by atoms with Crippen molar-refractivity contribution in [1.82, 2.24) is 4.98 Å². The summed E-state index contributed by atoms with van der Waals surface area (Å²) < 4.78 is 5.48. The van der Waals surface area contributed by atoms with Gasteiger partial charge in [0, 0.05) is 0 Å². The van der Waals surface area contributed by atoms with Gasteiger partial charge in [-0.1, -0.05) is 49.4 Å². The van der Waals surface area contributed by atoms with Crippen molar-refractivity contribution < 1.29 is 4.74 Å². The van der Waals surface area contributed by atoms with E-state index < -0.39 is 0 Å². The maximum Gasteiger partial charge on any atom is 0.234 e. The molecule has 0 atom stereocenters. The molecule has 17 heavy (non-hydrogen) atoms. The van der Waals surface area contributed by atoms with Crippen LogP contribution in [0.2, 0.25) is 10.0 Å². The Hall–Kier alpha value is -0.710. The van der Waals surface area contributed by atoms with Gasteiger partial charge in [-0.25, -0.2) is 5.84 Å². The highest BCUT2D eigenvalue weighted by Gasteiger charge is 2.09. The number of nitrogens with two attached hydrogens (primary N) is 1. The van der Waals surface area contributed by atoms with Gasteiger partial charge in [0.1, 0.15) is 5.02 Å². The van der Waals surface area contributed by atoms with Crippen LogP contribution in [0.3, 0.4) is 0 Å². The van der Waals surface area contributed by atoms with Crippen LogP contribution in [-0.2, 0) is 0 Å². The number of hydrazine groups is 1. The Morgan fingerprint density at radius 1 is 1.29 bits per heavy atom. The number of halogens is 2. The molecule has 4 nitrogen and oxygen atoms in total. The fraction of sp³-hybridized carbons (Fsp3) is 0.545. The SMILES string of the molecule is CCCCCCOc1nc(NN)c(Cl)cc1Cl. The van der Waals surface area contributed by atoms with Gasteiger partial charge in [0.2, 0.25) is 5.88 Å². The van der Waals surface area contributed by atoms with E-state index in [9.17, 15) is 0 Å². The van der Waals surface area contributed by atoms with Crippen LogP contribution in [0.25, 0.3) is 0 Å². The van der Waals surface area contributed by atoms with Gasteiger partial charge in [-0.05, 0) is 12.5 Å². The lowest BCUT2D eigenvalue weighted by molar-refractivity contribution is 0.294. The second kappa shape index (κ2) is 7.58. The molecule has 0 spiro atoms. The zero-order valence-electron chi connectivity index (χ0n) is 9.80. The average molecular weight is 278 g/mol. The molecular weight excluding hydrogens is 261 g/mol. The molecular formula is C11H17Cl2N3O. The van der Waals surface area contributed by atoms with Crippen molar-refractivity contribution in [2.75, 3.05) is 12.0 Å². The Bertz CT molecular complexity index is 361. The number of anilines is 1. The lowest BCUT2D eigenvalue weighted by Gasteiger charge is -2.09. The van der Waals surface area contributed by atoms with E-state index in [0.29, 0.717) is 28.3 Å². The Kier molecular flexibility index (Phi) is 6.40. The summed E-state index contributed by atoms with van der Waals surface area (Å²) in [7, 11) is 0. The van der Waals surface area contributed by atoms with Gasteiger partial charge in [0.05, 0.1) is 11.6 Å². The van der Waals surface area contributed by atoms with Crippen LogP contribution in [0, 0.1) is 0 Å². The molecule has 1 heterocycles. The summed E-state index contributed by atoms with van der Waals surface area (Å²) >= 11 is 11.8. The third kappa shape index (κ3) is 4.58. The number of nitrogens with zero attached hydrogens (tertiary/aromatic N) is 1. The first-order valence-corrected chi connectivity index (χ1v) is 6.40. The van der Waals surface area contributed by atoms with Gasteiger partial charge in [-0.2, -0.15) is 4.98 Å². The van der Waals surface area contributed by atoms with Crippen molar-refractivity contribution in [2.24, 2.45) is 5.84 Å². The third-order valence-corrected chi connectivity index (χ3v) is 2.83. The summed E-state index contributed by atoms with van der Waals surface area (Å²) in [5.74, 6) is 5.99. The normalized spacial score (nSPS) is 10.4. The van der Waals surface area contributed by atoms with Crippen LogP contribution in [0.4, 0.5) is 5.82 Å². The standard InChI is InChI=1S/C11H17Cl2N3O/c1-2-3-4-5-6-17-11-9(13)7-8(12)10(15-11)16-14/h7H,2-6,14H2,1H3,(H,15,16). The van der Waals surface area contributed by atoms with Crippen LogP contribution in [-0.4, -0.2) is 11.6 Å². The Morgan fingerprint density at radius 3 is 2.71 bits per heavy atom. The van der Waals surface area contributed by atoms with E-state index in [2.05, 4.69) is 17.3 Å². The molecule has 96 valence electrons. The number of hydrogen-bond acceptors (Lipinski definition) is 4. The van der Waals surface area contributed by atoms with Gasteiger partial charge in [0.25, 0.3) is 0 Å². The lowest BCUT2D eigenvalue weighted by Crippen LogP contribution is -2.10. The molecule has 0 saturated carbocycles. The molecule has 1 aromatic rings. The minimum Gasteiger partial charge on any atom is -0.477 e. The van der Waals surface area contributed by atoms with E-state index in [-0.39, 0.29) is 0 Å². The first kappa shape index (κ1) is 14.4. The van der Waals surface area contributed by atoms with Crippen LogP contribution in [0.1, 0.15) is 32.6 Å². The van der Waals surface area contributed by atoms with Gasteiger partial charge in [-0.3, -0.25) is 0 Å². The molecule has 0 unspecified atom stereocenters. The highest BCUT2D eigenvalue weighted by atomic mass is 35.5. The first-order valence-electron chi connectivity index (χ1n) is 5.64. The summed E-state index contributed by atoms with van der Waals surface area (Å²) in [5.41, 5.74) is 2.39. The zero-order valence-corrected chi connectivity index (χ0v) is 11.3. The molecule has 0 saturated heterocycles. The third-order valence-electron chi connectivity index (χ3n) is 2.27. The largest absolute Gasteiger partial charge is 0.477 e. The fourth-order valence-corrected chi connectivity index (χ4v) is 1.82. The molecule has 0 aliphatic carbocycles. The Labute approximate surface area is 111 Å². The summed E-state index contributed by atoms with van der Waals surface area (Å²) in [4.78, 5) is 4.09. The second-order valence-corrected chi connectivity index (χ2v) is 4.47. The molecule has 1 aromatic heterocycles. The van der Waals surface area contributed by atoms with Crippen molar-refractivity contribution in [2.45, 2.75) is 32.6 Å². The molecule has 3 N–H and O–H groups in total. The highest BCUT2D eigenvalue weighted by Crippen LogP contribution is 2.30. The van der Waals surface area contributed by atoms with Crippen LogP contribution >= 0.6 is 23.2 Å². The minimum atomic E-state index is 0.361. The summed E-state index contributed by atoms with van der Waals surface area (Å²) in [5, 5.41) is 0.764. The number of hydrogen-bond donors (Lipinski definition) is 2. The molecule has 1 rings (SSSR count). The lowest BCUT2D eigenvalue weighted by atomic mass is 10.2. The average Bonchev–Trinajstić information content (AvgIpc) is 2.31. The number of rotatable bonds is 7. The zero-order chi connectivity index (χ0) is 12.7. The molecule has 0 amide bonds. The molecule has 0 bridgehead atoms. The van der Waals surface area contributed by atoms with Gasteiger partial charge >= 0.3 is 0 Å². The molecule has 6 heteroatoms. The second-order valence-electron chi connectivity index (χ2n) is 3.66. The minimum absolute atomic E-state index is 0.361. The maximum absolute atomic E-state index is 5.96. The van der Waals surface area contributed by atoms with Crippen LogP contribution in [0.5, 0.6) is 5.88 Å². The predicted octanol–water partition coefficient (Wildman–Crippen LogP) is 3.63. The number of aromatic nitrogens is 1. The van der Waals surface area contributed by atoms with E-state index in [1.165, 1.54) is 12.8 Å². The van der Waals surface area contributed by atoms with E-state index in [4.69, 9.17) is 33.8 Å². The van der Waals surface area contributed by atoms with Gasteiger partial charge in [-0.15, -0.1) is 0 Å². The van der Waals surface area contributed by atoms with Crippen molar-refractivity contribution in [3.63, 3.8) is 0 Å². The first-order chi connectivity index (χ1) is 8.19. The van der Waals surface area contributed by atoms with Crippen LogP contribution in [0.15, 0.2) is 6.07 Å². The molecule has 0 aliphatic heterocycles. The highest BCUT2D eigenvalue weighted by molar-refractivity contribution is 6.36. The smallest absolute Gasteiger partial charge is 0.234 e. The van der Waals surface area contributed by atoms with Crippen molar-refractivity contribution in [1.29, 1.82) is 0 Å². The summed E-state index contributed by atoms with van der Waals surface area (Å²) in [6.45, 7) is 2.76. The monoisotopic (exact) mass is 277 g/mol. The van der Waals surface area contributed by atoms with Gasteiger partial charge in [0.15, 0.2) is 5.82 Å². The van der Waals surface area contributed by atoms with Crippen molar-refractivity contribution >= 4 is 29.0 Å². The number of unbranched alkanes of at least 4 members (excludes halogenated alkanes) is 3. The molecule has 0 aromatic carbocycles. The summed E-state index contributed by atoms with van der Waals surface area (Å²) in [6.07, 6.45) is 4.53. The van der Waals surface area contributed by atoms with E-state index >= 15 is 0 Å². The number of nitrogens with one attached hydrogen (secondary N) is 1. The Morgan fingerprint density at radius 2 is 2.06 bits per heavy atom. The van der Waals surface area contributed by atoms with Crippen molar-refractivity contribution in [3.05, 3.63) is 16.1 Å². The van der Waals surface area contributed by atoms with Gasteiger partial charge < -0.3 is 10.2 Å². The van der Waals surface area contributed by atoms with E-state index in [1.54, 1.807) is 6.07 Å². The number of nitrogen functional groups attached to an aromatic ring is 1. The quantitative estimate of drug-likeness (QED) is 0.454. The van der Waals surface area contributed by atoms with Crippen LogP contribution < -0.4 is 16.0 Å². The topological polar surface area (TPSA) is 60.2 Å². The van der Waals surface area contributed by atoms with E-state index in [1.807, 2.05) is 0 Å². The molecule has 0 aliphatic rings. The number of pyridine rings is 1. The Balaban J connectivity index is 2.52. The maximum atomic E-state index is 5.96. The van der Waals surface area contributed by atoms with Crippen molar-refractivity contribution in [3.8, 4) is 5.88 Å². The fourth-order valence-electron chi connectivity index (χ4n) is 1.35. The molecule has 0 fully saturated rings. The predicted molar refractivity (Wildman–Crippen MR) is 71.7 cm³/mol. The molecule has 0 radical (unpaired) electrons. The number of ether oxygens (including phenoxy) is 1. The summed E-state index contributed by atoms with van der Waals surface area (Å²) in [6, 6.07) is 1.56.